The second-order valence-corrected chi connectivity index (χ2v) is 3.57. The SMILES string of the molecule is Cc1cccc2c1C(C(=O)O)=CCC2. The van der Waals surface area contributed by atoms with Crippen LogP contribution in [0.4, 0.5) is 0 Å². The van der Waals surface area contributed by atoms with Crippen LogP contribution in [0.1, 0.15) is 23.1 Å². The van der Waals surface area contributed by atoms with Crippen LogP contribution in [0.15, 0.2) is 24.3 Å². The Morgan fingerprint density at radius 2 is 2.21 bits per heavy atom. The first-order valence-electron chi connectivity index (χ1n) is 4.72. The highest BCUT2D eigenvalue weighted by molar-refractivity contribution is 6.16. The molecule has 0 atom stereocenters. The minimum atomic E-state index is -0.819. The van der Waals surface area contributed by atoms with Gasteiger partial charge < -0.3 is 5.11 Å². The lowest BCUT2D eigenvalue weighted by molar-refractivity contribution is -0.130. The molecule has 0 fully saturated rings. The molecule has 0 saturated carbocycles. The van der Waals surface area contributed by atoms with E-state index in [1.165, 1.54) is 0 Å². The van der Waals surface area contributed by atoms with E-state index in [4.69, 9.17) is 5.11 Å². The zero-order chi connectivity index (χ0) is 10.1. The molecule has 1 aromatic rings. The van der Waals surface area contributed by atoms with Gasteiger partial charge >= 0.3 is 5.97 Å². The fourth-order valence-electron chi connectivity index (χ4n) is 1.99. The monoisotopic (exact) mass is 188 g/mol. The Balaban J connectivity index is 2.62. The van der Waals surface area contributed by atoms with Crippen LogP contribution in [0.2, 0.25) is 0 Å². The second kappa shape index (κ2) is 3.29. The van der Waals surface area contributed by atoms with Crippen molar-refractivity contribution >= 4 is 11.5 Å². The number of rotatable bonds is 1. The quantitative estimate of drug-likeness (QED) is 0.734. The average Bonchev–Trinajstić information content (AvgIpc) is 2.17. The van der Waals surface area contributed by atoms with Crippen molar-refractivity contribution in [2.45, 2.75) is 19.8 Å². The van der Waals surface area contributed by atoms with Crippen LogP contribution in [-0.4, -0.2) is 11.1 Å². The molecular formula is C12H12O2. The summed E-state index contributed by atoms with van der Waals surface area (Å²) in [5.41, 5.74) is 3.59. The van der Waals surface area contributed by atoms with Crippen LogP contribution < -0.4 is 0 Å². The van der Waals surface area contributed by atoms with Crippen LogP contribution >= 0.6 is 0 Å². The van der Waals surface area contributed by atoms with E-state index in [0.717, 1.165) is 29.5 Å². The van der Waals surface area contributed by atoms with Crippen molar-refractivity contribution < 1.29 is 9.90 Å². The Hall–Kier alpha value is -1.57. The summed E-state index contributed by atoms with van der Waals surface area (Å²) in [6, 6.07) is 5.96. The van der Waals surface area contributed by atoms with Gasteiger partial charge in [-0.05, 0) is 36.5 Å². The van der Waals surface area contributed by atoms with Crippen molar-refractivity contribution in [1.29, 1.82) is 0 Å². The van der Waals surface area contributed by atoms with E-state index in [1.807, 2.05) is 31.2 Å². The highest BCUT2D eigenvalue weighted by atomic mass is 16.4. The highest BCUT2D eigenvalue weighted by Crippen LogP contribution is 2.29. The normalized spacial score (nSPS) is 14.5. The predicted molar refractivity (Wildman–Crippen MR) is 55.1 cm³/mol. The zero-order valence-corrected chi connectivity index (χ0v) is 8.08. The first-order chi connectivity index (χ1) is 6.70. The minimum Gasteiger partial charge on any atom is -0.478 e. The molecule has 0 aromatic heterocycles. The Kier molecular flexibility index (Phi) is 2.12. The lowest BCUT2D eigenvalue weighted by atomic mass is 9.88. The maximum absolute atomic E-state index is 11.0. The summed E-state index contributed by atoms with van der Waals surface area (Å²) in [4.78, 5) is 11.0. The number of fused-ring (bicyclic) bond motifs is 1. The summed E-state index contributed by atoms with van der Waals surface area (Å²) in [5, 5.41) is 9.04. The van der Waals surface area contributed by atoms with Gasteiger partial charge in [0.15, 0.2) is 0 Å². The lowest BCUT2D eigenvalue weighted by Gasteiger charge is -2.16. The smallest absolute Gasteiger partial charge is 0.335 e. The van der Waals surface area contributed by atoms with E-state index in [9.17, 15) is 4.79 Å². The molecule has 0 heterocycles. The summed E-state index contributed by atoms with van der Waals surface area (Å²) in [5.74, 6) is -0.819. The fourth-order valence-corrected chi connectivity index (χ4v) is 1.99. The van der Waals surface area contributed by atoms with Gasteiger partial charge in [0, 0.05) is 0 Å². The van der Waals surface area contributed by atoms with E-state index in [1.54, 1.807) is 0 Å². The number of carbonyl (C=O) groups is 1. The van der Waals surface area contributed by atoms with Crippen molar-refractivity contribution in [3.8, 4) is 0 Å². The summed E-state index contributed by atoms with van der Waals surface area (Å²) < 4.78 is 0. The Morgan fingerprint density at radius 1 is 1.43 bits per heavy atom. The number of aryl methyl sites for hydroxylation is 2. The van der Waals surface area contributed by atoms with Crippen LogP contribution in [0.3, 0.4) is 0 Å². The van der Waals surface area contributed by atoms with E-state index in [-0.39, 0.29) is 0 Å². The zero-order valence-electron chi connectivity index (χ0n) is 8.08. The van der Waals surface area contributed by atoms with Gasteiger partial charge in [0.05, 0.1) is 5.57 Å². The molecule has 1 N–H and O–H groups in total. The summed E-state index contributed by atoms with van der Waals surface area (Å²) in [6.07, 6.45) is 3.60. The van der Waals surface area contributed by atoms with Crippen molar-refractivity contribution in [2.75, 3.05) is 0 Å². The van der Waals surface area contributed by atoms with Crippen molar-refractivity contribution in [1.82, 2.24) is 0 Å². The first-order valence-corrected chi connectivity index (χ1v) is 4.72. The lowest BCUT2D eigenvalue weighted by Crippen LogP contribution is -2.08. The van der Waals surface area contributed by atoms with Crippen LogP contribution in [0.25, 0.3) is 5.57 Å². The number of aliphatic carboxylic acids is 1. The maximum Gasteiger partial charge on any atom is 0.335 e. The summed E-state index contributed by atoms with van der Waals surface area (Å²) in [7, 11) is 0. The molecule has 1 aromatic carbocycles. The van der Waals surface area contributed by atoms with Crippen molar-refractivity contribution in [3.05, 3.63) is 41.0 Å². The minimum absolute atomic E-state index is 0.462. The summed E-state index contributed by atoms with van der Waals surface area (Å²) in [6.45, 7) is 1.96. The van der Waals surface area contributed by atoms with Gasteiger partial charge in [0.2, 0.25) is 0 Å². The molecule has 0 bridgehead atoms. The predicted octanol–water partition coefficient (Wildman–Crippen LogP) is 2.41. The van der Waals surface area contributed by atoms with E-state index < -0.39 is 5.97 Å². The van der Waals surface area contributed by atoms with Gasteiger partial charge in [0.25, 0.3) is 0 Å². The fraction of sp³-hybridized carbons (Fsp3) is 0.250. The molecule has 14 heavy (non-hydrogen) atoms. The topological polar surface area (TPSA) is 37.3 Å². The second-order valence-electron chi connectivity index (χ2n) is 3.57. The Labute approximate surface area is 82.9 Å². The van der Waals surface area contributed by atoms with Crippen molar-refractivity contribution in [3.63, 3.8) is 0 Å². The molecule has 2 heteroatoms. The molecule has 0 unspecified atom stereocenters. The van der Waals surface area contributed by atoms with Gasteiger partial charge in [0.1, 0.15) is 0 Å². The summed E-state index contributed by atoms with van der Waals surface area (Å²) >= 11 is 0. The number of hydrogen-bond acceptors (Lipinski definition) is 1. The molecule has 1 aliphatic rings. The van der Waals surface area contributed by atoms with Crippen molar-refractivity contribution in [2.24, 2.45) is 0 Å². The molecule has 0 radical (unpaired) electrons. The number of hydrogen-bond donors (Lipinski definition) is 1. The third-order valence-electron chi connectivity index (χ3n) is 2.62. The molecular weight excluding hydrogens is 176 g/mol. The highest BCUT2D eigenvalue weighted by Gasteiger charge is 2.19. The number of carboxylic acid groups (broad SMARTS) is 1. The average molecular weight is 188 g/mol. The largest absolute Gasteiger partial charge is 0.478 e. The van der Waals surface area contributed by atoms with Gasteiger partial charge in [-0.1, -0.05) is 24.3 Å². The third kappa shape index (κ3) is 1.33. The van der Waals surface area contributed by atoms with E-state index >= 15 is 0 Å². The number of benzene rings is 1. The molecule has 0 aliphatic heterocycles. The Morgan fingerprint density at radius 3 is 2.93 bits per heavy atom. The molecule has 0 saturated heterocycles. The van der Waals surface area contributed by atoms with Crippen LogP contribution in [-0.2, 0) is 11.2 Å². The standard InChI is InChI=1S/C12H12O2/c1-8-4-2-5-9-6-3-7-10(11(8)9)12(13)14/h2,4-5,7H,3,6H2,1H3,(H,13,14). The first kappa shape index (κ1) is 9.00. The third-order valence-corrected chi connectivity index (χ3v) is 2.62. The maximum atomic E-state index is 11.0. The van der Waals surface area contributed by atoms with Gasteiger partial charge in [-0.3, -0.25) is 0 Å². The van der Waals surface area contributed by atoms with Gasteiger partial charge in [-0.2, -0.15) is 0 Å². The Bertz CT molecular complexity index is 416. The molecule has 0 spiro atoms. The molecule has 72 valence electrons. The number of carboxylic acids is 1. The van der Waals surface area contributed by atoms with Crippen LogP contribution in [0.5, 0.6) is 0 Å². The van der Waals surface area contributed by atoms with E-state index in [0.29, 0.717) is 5.57 Å². The van der Waals surface area contributed by atoms with Crippen LogP contribution in [0, 0.1) is 6.92 Å². The number of allylic oxidation sites excluding steroid dienone is 1. The van der Waals surface area contributed by atoms with Gasteiger partial charge in [-0.25, -0.2) is 4.79 Å². The molecule has 0 amide bonds. The molecule has 2 nitrogen and oxygen atoms in total. The van der Waals surface area contributed by atoms with E-state index in [2.05, 4.69) is 0 Å². The van der Waals surface area contributed by atoms with Gasteiger partial charge in [-0.15, -0.1) is 0 Å². The molecule has 1 aliphatic carbocycles. The molecule has 2 rings (SSSR count).